The number of halogens is 4. The summed E-state index contributed by atoms with van der Waals surface area (Å²) >= 11 is 3.94. The third-order valence-electron chi connectivity index (χ3n) is 5.26. The van der Waals surface area contributed by atoms with Crippen molar-refractivity contribution in [3.05, 3.63) is 27.8 Å². The molecule has 1 fully saturated rings. The Morgan fingerprint density at radius 2 is 1.96 bits per heavy atom. The van der Waals surface area contributed by atoms with Crippen LogP contribution in [0.25, 0.3) is 0 Å². The predicted molar refractivity (Wildman–Crippen MR) is 89.1 cm³/mol. The second kappa shape index (κ2) is 5.24. The first kappa shape index (κ1) is 17.8. The Labute approximate surface area is 155 Å². The van der Waals surface area contributed by atoms with E-state index >= 15 is 0 Å². The van der Waals surface area contributed by atoms with Crippen molar-refractivity contribution in [1.29, 1.82) is 0 Å². The highest BCUT2D eigenvalue weighted by Crippen LogP contribution is 2.58. The van der Waals surface area contributed by atoms with Gasteiger partial charge >= 0.3 is 12.3 Å². The SMILES string of the molecule is CC1(C)C2=C(C(=O)NC13CC3)[S+]([O-])c1cc(OC(F)(F)F)c(Cl)cc1N2. The molecule has 1 amide bonds. The van der Waals surface area contributed by atoms with Crippen LogP contribution in [-0.2, 0) is 16.0 Å². The van der Waals surface area contributed by atoms with Gasteiger partial charge in [0.2, 0.25) is 4.91 Å². The molecule has 0 aromatic heterocycles. The Bertz CT molecular complexity index is 865. The molecule has 0 saturated heterocycles. The van der Waals surface area contributed by atoms with E-state index in [0.717, 1.165) is 18.9 Å². The highest BCUT2D eigenvalue weighted by atomic mass is 35.5. The van der Waals surface area contributed by atoms with Crippen molar-refractivity contribution in [2.24, 2.45) is 5.41 Å². The van der Waals surface area contributed by atoms with Crippen LogP contribution < -0.4 is 15.4 Å². The van der Waals surface area contributed by atoms with Crippen LogP contribution in [0.1, 0.15) is 26.7 Å². The zero-order valence-electron chi connectivity index (χ0n) is 13.7. The fourth-order valence-electron chi connectivity index (χ4n) is 3.57. The maximum Gasteiger partial charge on any atom is 0.573 e. The minimum absolute atomic E-state index is 0.0186. The Morgan fingerprint density at radius 1 is 1.31 bits per heavy atom. The normalized spacial score (nSPS) is 25.2. The van der Waals surface area contributed by atoms with Crippen LogP contribution in [0.2, 0.25) is 5.02 Å². The van der Waals surface area contributed by atoms with Crippen molar-refractivity contribution in [2.45, 2.75) is 43.5 Å². The van der Waals surface area contributed by atoms with Crippen LogP contribution in [0, 0.1) is 5.41 Å². The molecule has 1 aromatic rings. The van der Waals surface area contributed by atoms with Gasteiger partial charge in [0.05, 0.1) is 21.9 Å². The van der Waals surface area contributed by atoms with Crippen molar-refractivity contribution in [3.8, 4) is 5.75 Å². The van der Waals surface area contributed by atoms with Crippen molar-refractivity contribution >= 4 is 34.4 Å². The molecule has 0 bridgehead atoms. The molecule has 10 heteroatoms. The first-order chi connectivity index (χ1) is 12.0. The second-order valence-corrected chi connectivity index (χ2v) is 8.88. The van der Waals surface area contributed by atoms with Gasteiger partial charge in [0.15, 0.2) is 10.6 Å². The smallest absolute Gasteiger partial charge is 0.573 e. The van der Waals surface area contributed by atoms with Crippen molar-refractivity contribution < 1.29 is 27.3 Å². The quantitative estimate of drug-likeness (QED) is 0.698. The van der Waals surface area contributed by atoms with Crippen molar-refractivity contribution in [1.82, 2.24) is 5.32 Å². The Kier molecular flexibility index (Phi) is 3.59. The lowest BCUT2D eigenvalue weighted by molar-refractivity contribution is -0.274. The van der Waals surface area contributed by atoms with Crippen molar-refractivity contribution in [2.75, 3.05) is 5.32 Å². The van der Waals surface area contributed by atoms with Gasteiger partial charge in [-0.15, -0.1) is 13.2 Å². The number of fused-ring (bicyclic) bond motifs is 1. The van der Waals surface area contributed by atoms with E-state index in [4.69, 9.17) is 11.6 Å². The molecule has 26 heavy (non-hydrogen) atoms. The number of carbonyl (C=O) groups excluding carboxylic acids is 1. The van der Waals surface area contributed by atoms with E-state index in [2.05, 4.69) is 15.4 Å². The molecule has 1 atom stereocenters. The highest BCUT2D eigenvalue weighted by molar-refractivity contribution is 7.96. The van der Waals surface area contributed by atoms with E-state index in [9.17, 15) is 22.5 Å². The number of anilines is 1. The van der Waals surface area contributed by atoms with E-state index < -0.39 is 34.6 Å². The Balaban J connectivity index is 1.81. The first-order valence-corrected chi connectivity index (χ1v) is 9.33. The lowest BCUT2D eigenvalue weighted by Crippen LogP contribution is -2.56. The van der Waals surface area contributed by atoms with Crippen molar-refractivity contribution in [3.63, 3.8) is 0 Å². The second-order valence-electron chi connectivity index (χ2n) is 7.09. The molecule has 2 heterocycles. The summed E-state index contributed by atoms with van der Waals surface area (Å²) < 4.78 is 54.5. The summed E-state index contributed by atoms with van der Waals surface area (Å²) in [5.41, 5.74) is -0.0665. The van der Waals surface area contributed by atoms with Gasteiger partial charge < -0.3 is 19.9 Å². The summed E-state index contributed by atoms with van der Waals surface area (Å²) in [6.45, 7) is 3.87. The maximum absolute atomic E-state index is 13.0. The van der Waals surface area contributed by atoms with Gasteiger partial charge in [-0.2, -0.15) is 0 Å². The fourth-order valence-corrected chi connectivity index (χ4v) is 5.22. The Hall–Kier alpha value is -1.58. The number of nitrogens with one attached hydrogen (secondary N) is 2. The lowest BCUT2D eigenvalue weighted by Gasteiger charge is -2.44. The molecule has 0 radical (unpaired) electrons. The fraction of sp³-hybridized carbons (Fsp3) is 0.438. The number of benzene rings is 1. The summed E-state index contributed by atoms with van der Waals surface area (Å²) in [7, 11) is 0. The first-order valence-electron chi connectivity index (χ1n) is 7.81. The number of ether oxygens (including phenoxy) is 1. The van der Waals surface area contributed by atoms with Crippen LogP contribution in [-0.4, -0.2) is 22.4 Å². The largest absolute Gasteiger partial charge is 0.606 e. The number of carbonyl (C=O) groups is 1. The van der Waals surface area contributed by atoms with Crippen LogP contribution in [0.15, 0.2) is 27.6 Å². The highest BCUT2D eigenvalue weighted by Gasteiger charge is 2.63. The topological polar surface area (TPSA) is 73.4 Å². The number of rotatable bonds is 1. The standard InChI is InChI=1S/C16H14ClF3N2O3S/c1-14(2)12-11(13(23)22-15(14)3-4-15)26(24)10-6-9(25-16(18,19)20)7(17)5-8(10)21-12/h5-6,21H,3-4H2,1-2H3,(H,22,23). The van der Waals surface area contributed by atoms with Crippen LogP contribution in [0.4, 0.5) is 18.9 Å². The summed E-state index contributed by atoms with van der Waals surface area (Å²) in [6.07, 6.45) is -3.32. The number of alkyl halides is 3. The average Bonchev–Trinajstić information content (AvgIpc) is 3.26. The maximum atomic E-state index is 13.0. The zero-order valence-corrected chi connectivity index (χ0v) is 15.3. The van der Waals surface area contributed by atoms with Crippen LogP contribution in [0.3, 0.4) is 0 Å². The number of amides is 1. The van der Waals surface area contributed by atoms with E-state index in [1.165, 1.54) is 6.07 Å². The van der Waals surface area contributed by atoms with Gasteiger partial charge in [0.25, 0.3) is 0 Å². The average molecular weight is 407 g/mol. The summed E-state index contributed by atoms with van der Waals surface area (Å²) in [5, 5.41) is 5.73. The van der Waals surface area contributed by atoms with Gasteiger partial charge in [-0.05, 0) is 18.9 Å². The molecule has 3 aliphatic rings. The molecule has 4 rings (SSSR count). The van der Waals surface area contributed by atoms with Crippen LogP contribution >= 0.6 is 11.6 Å². The van der Waals surface area contributed by atoms with Crippen LogP contribution in [0.5, 0.6) is 5.75 Å². The molecule has 1 aliphatic carbocycles. The van der Waals surface area contributed by atoms with Gasteiger partial charge in [-0.3, -0.25) is 4.79 Å². The van der Waals surface area contributed by atoms with E-state index in [1.807, 2.05) is 13.8 Å². The van der Waals surface area contributed by atoms with E-state index in [1.54, 1.807) is 0 Å². The monoisotopic (exact) mass is 406 g/mol. The molecule has 5 nitrogen and oxygen atoms in total. The van der Waals surface area contributed by atoms with Gasteiger partial charge in [-0.25, -0.2) is 0 Å². The molecule has 1 spiro atoms. The minimum Gasteiger partial charge on any atom is -0.606 e. The summed E-state index contributed by atoms with van der Waals surface area (Å²) in [4.78, 5) is 12.6. The molecular formula is C16H14ClF3N2O3S. The van der Waals surface area contributed by atoms with Gasteiger partial charge in [0, 0.05) is 22.7 Å². The molecular weight excluding hydrogens is 393 g/mol. The number of hydrogen-bond acceptors (Lipinski definition) is 4. The number of hydrogen-bond donors (Lipinski definition) is 2. The molecule has 2 aliphatic heterocycles. The molecule has 2 N–H and O–H groups in total. The molecule has 1 aromatic carbocycles. The third kappa shape index (κ3) is 2.48. The zero-order chi connectivity index (χ0) is 19.1. The predicted octanol–water partition coefficient (Wildman–Crippen LogP) is 3.67. The van der Waals surface area contributed by atoms with Gasteiger partial charge in [0.1, 0.15) is 0 Å². The summed E-state index contributed by atoms with van der Waals surface area (Å²) in [6, 6.07) is 2.20. The van der Waals surface area contributed by atoms with Gasteiger partial charge in [-0.1, -0.05) is 25.4 Å². The summed E-state index contributed by atoms with van der Waals surface area (Å²) in [5.74, 6) is -1.13. The molecule has 1 unspecified atom stereocenters. The Morgan fingerprint density at radius 3 is 2.54 bits per heavy atom. The molecule has 140 valence electrons. The third-order valence-corrected chi connectivity index (χ3v) is 7.05. The molecule has 1 saturated carbocycles. The van der Waals surface area contributed by atoms with E-state index in [0.29, 0.717) is 11.4 Å². The van der Waals surface area contributed by atoms with E-state index in [-0.39, 0.29) is 20.4 Å². The lowest BCUT2D eigenvalue weighted by atomic mass is 9.76. The minimum atomic E-state index is -4.94.